The second-order valence-electron chi connectivity index (χ2n) is 7.59. The zero-order valence-corrected chi connectivity index (χ0v) is 21.2. The first kappa shape index (κ1) is 24.2. The minimum Gasteiger partial charge on any atom is -0.305 e. The maximum Gasteiger partial charge on any atom is 0.0709 e. The van der Waals surface area contributed by atoms with Crippen LogP contribution in [0, 0.1) is 12.1 Å². The fourth-order valence-corrected chi connectivity index (χ4v) is 3.59. The zero-order chi connectivity index (χ0) is 23.0. The molecule has 0 saturated carbocycles. The summed E-state index contributed by atoms with van der Waals surface area (Å²) in [7, 11) is 0. The van der Waals surface area contributed by atoms with Crippen LogP contribution in [0.3, 0.4) is 0 Å². The fourth-order valence-electron chi connectivity index (χ4n) is 3.59. The van der Waals surface area contributed by atoms with Crippen LogP contribution < -0.4 is 0 Å². The predicted molar refractivity (Wildman–Crippen MR) is 138 cm³/mol. The van der Waals surface area contributed by atoms with Gasteiger partial charge in [0.2, 0.25) is 0 Å². The predicted octanol–water partition coefficient (Wildman–Crippen LogP) is 7.31. The summed E-state index contributed by atoms with van der Waals surface area (Å²) in [6.07, 6.45) is 3.61. The maximum absolute atomic E-state index is 4.74. The second kappa shape index (κ2) is 11.9. The third-order valence-corrected chi connectivity index (χ3v) is 5.29. The van der Waals surface area contributed by atoms with Crippen molar-refractivity contribution in [1.82, 2.24) is 15.0 Å². The first-order valence-electron chi connectivity index (χ1n) is 11.0. The van der Waals surface area contributed by atoms with Gasteiger partial charge in [0, 0.05) is 37.9 Å². The largest absolute Gasteiger partial charge is 0.305 e. The molecule has 3 aromatic carbocycles. The number of hydrogen-bond acceptors (Lipinski definition) is 3. The molecule has 3 heterocycles. The summed E-state index contributed by atoms with van der Waals surface area (Å²) in [5.41, 5.74) is 6.94. The van der Waals surface area contributed by atoms with Crippen molar-refractivity contribution in [2.45, 2.75) is 0 Å². The molecule has 0 fully saturated rings. The van der Waals surface area contributed by atoms with Crippen LogP contribution in [0.4, 0.5) is 0 Å². The number of pyridine rings is 3. The van der Waals surface area contributed by atoms with E-state index in [-0.39, 0.29) is 20.1 Å². The van der Waals surface area contributed by atoms with Crippen molar-refractivity contribution >= 4 is 10.9 Å². The van der Waals surface area contributed by atoms with E-state index in [1.165, 1.54) is 0 Å². The van der Waals surface area contributed by atoms with Gasteiger partial charge in [0.05, 0.1) is 11.2 Å². The number of aromatic nitrogens is 3. The molecule has 35 heavy (non-hydrogen) atoms. The van der Waals surface area contributed by atoms with E-state index in [0.29, 0.717) is 0 Å². The van der Waals surface area contributed by atoms with Crippen LogP contribution in [0.5, 0.6) is 0 Å². The van der Waals surface area contributed by atoms with Crippen LogP contribution in [-0.2, 0) is 20.1 Å². The van der Waals surface area contributed by atoms with Gasteiger partial charge in [0.1, 0.15) is 0 Å². The Morgan fingerprint density at radius 1 is 0.514 bits per heavy atom. The Hall–Kier alpha value is -3.98. The third-order valence-electron chi connectivity index (χ3n) is 5.29. The summed E-state index contributed by atoms with van der Waals surface area (Å²) in [5, 5.41) is 1.15. The molecule has 6 rings (SSSR count). The molecule has 0 bridgehead atoms. The van der Waals surface area contributed by atoms with E-state index in [1.807, 2.05) is 97.2 Å². The van der Waals surface area contributed by atoms with Gasteiger partial charge in [-0.05, 0) is 41.2 Å². The molecule has 3 aromatic heterocycles. The van der Waals surface area contributed by atoms with Crippen molar-refractivity contribution in [3.8, 4) is 33.8 Å². The average molecular weight is 628 g/mol. The molecule has 0 aliphatic carbocycles. The molecule has 0 atom stereocenters. The van der Waals surface area contributed by atoms with E-state index >= 15 is 0 Å². The van der Waals surface area contributed by atoms with Crippen LogP contribution >= 0.6 is 0 Å². The third kappa shape index (κ3) is 6.13. The number of para-hydroxylation sites is 1. The van der Waals surface area contributed by atoms with Crippen molar-refractivity contribution < 1.29 is 20.1 Å². The Bertz CT molecular complexity index is 1450. The Morgan fingerprint density at radius 3 is 1.91 bits per heavy atom. The Kier molecular flexibility index (Phi) is 8.24. The number of benzene rings is 3. The quantitative estimate of drug-likeness (QED) is 0.193. The van der Waals surface area contributed by atoms with E-state index in [0.717, 1.165) is 44.7 Å². The van der Waals surface area contributed by atoms with Crippen LogP contribution in [0.1, 0.15) is 0 Å². The van der Waals surface area contributed by atoms with Crippen molar-refractivity contribution in [2.24, 2.45) is 0 Å². The summed E-state index contributed by atoms with van der Waals surface area (Å²) < 4.78 is 0. The molecule has 171 valence electrons. The van der Waals surface area contributed by atoms with Gasteiger partial charge in [0.15, 0.2) is 0 Å². The standard InChI is InChI=1S/C20H13N2.C11H8N.Ir/c1-2-6-15(7-3-1)20-14-17(12-13-21-20)19-11-10-16-8-4-5-9-18(16)22-19;1-2-6-10(7-3-1)11-8-4-5-9-12-11;/h1-6,8-14H;1-6,8-9H;/q2*-1;. The molecule has 0 unspecified atom stereocenters. The summed E-state index contributed by atoms with van der Waals surface area (Å²) in [6.45, 7) is 0. The smallest absolute Gasteiger partial charge is 0.0709 e. The van der Waals surface area contributed by atoms with E-state index in [4.69, 9.17) is 4.98 Å². The number of hydrogen-bond donors (Lipinski definition) is 0. The van der Waals surface area contributed by atoms with Crippen LogP contribution in [0.25, 0.3) is 44.7 Å². The van der Waals surface area contributed by atoms with Gasteiger partial charge in [-0.1, -0.05) is 42.5 Å². The molecule has 0 saturated heterocycles. The van der Waals surface area contributed by atoms with Crippen LogP contribution in [0.15, 0.2) is 128 Å². The molecule has 0 amide bonds. The van der Waals surface area contributed by atoms with Crippen molar-refractivity contribution in [3.05, 3.63) is 140 Å². The molecule has 3 nitrogen and oxygen atoms in total. The van der Waals surface area contributed by atoms with Gasteiger partial charge < -0.3 is 9.97 Å². The normalized spacial score (nSPS) is 10.1. The van der Waals surface area contributed by atoms with E-state index in [9.17, 15) is 0 Å². The number of fused-ring (bicyclic) bond motifs is 1. The van der Waals surface area contributed by atoms with Crippen LogP contribution in [0.2, 0.25) is 0 Å². The van der Waals surface area contributed by atoms with Gasteiger partial charge in [-0.15, -0.1) is 71.8 Å². The van der Waals surface area contributed by atoms with Gasteiger partial charge in [0.25, 0.3) is 0 Å². The Balaban J connectivity index is 0.000000189. The van der Waals surface area contributed by atoms with Crippen molar-refractivity contribution in [1.29, 1.82) is 0 Å². The molecule has 0 spiro atoms. The van der Waals surface area contributed by atoms with Gasteiger partial charge >= 0.3 is 0 Å². The number of nitrogens with zero attached hydrogens (tertiary/aromatic N) is 3. The minimum atomic E-state index is 0. The first-order valence-corrected chi connectivity index (χ1v) is 11.0. The average Bonchev–Trinajstić information content (AvgIpc) is 2.95. The molecule has 6 aromatic rings. The van der Waals surface area contributed by atoms with E-state index in [2.05, 4.69) is 46.4 Å². The Labute approximate surface area is 218 Å². The van der Waals surface area contributed by atoms with Crippen molar-refractivity contribution in [3.63, 3.8) is 0 Å². The molecular weight excluding hydrogens is 607 g/mol. The van der Waals surface area contributed by atoms with E-state index in [1.54, 1.807) is 6.20 Å². The monoisotopic (exact) mass is 628 g/mol. The van der Waals surface area contributed by atoms with Crippen molar-refractivity contribution in [2.75, 3.05) is 0 Å². The fraction of sp³-hybridized carbons (Fsp3) is 0. The molecule has 0 N–H and O–H groups in total. The summed E-state index contributed by atoms with van der Waals surface area (Å²) in [6, 6.07) is 44.2. The van der Waals surface area contributed by atoms with Gasteiger partial charge in [-0.2, -0.15) is 0 Å². The summed E-state index contributed by atoms with van der Waals surface area (Å²) in [5.74, 6) is 0. The SMILES string of the molecule is [Ir].[c-]1ccccc1-c1cc(-c2ccc3ccccc3n2)ccn1.[c-]1ccccc1-c1ccccn1. The van der Waals surface area contributed by atoms with E-state index < -0.39 is 0 Å². The molecule has 0 aliphatic rings. The summed E-state index contributed by atoms with van der Waals surface area (Å²) in [4.78, 5) is 13.4. The zero-order valence-electron chi connectivity index (χ0n) is 18.8. The van der Waals surface area contributed by atoms with Gasteiger partial charge in [-0.25, -0.2) is 4.98 Å². The first-order chi connectivity index (χ1) is 16.9. The second-order valence-corrected chi connectivity index (χ2v) is 7.59. The maximum atomic E-state index is 4.74. The molecular formula is C31H21IrN3-2. The Morgan fingerprint density at radius 2 is 1.20 bits per heavy atom. The summed E-state index contributed by atoms with van der Waals surface area (Å²) >= 11 is 0. The molecule has 1 radical (unpaired) electrons. The molecule has 4 heteroatoms. The molecule has 0 aliphatic heterocycles. The minimum absolute atomic E-state index is 0. The van der Waals surface area contributed by atoms with Crippen LogP contribution in [-0.4, -0.2) is 15.0 Å². The van der Waals surface area contributed by atoms with Gasteiger partial charge in [-0.3, -0.25) is 0 Å². The topological polar surface area (TPSA) is 38.7 Å². The number of rotatable bonds is 3.